The van der Waals surface area contributed by atoms with Crippen LogP contribution in [0, 0.1) is 11.6 Å². The molecule has 1 aliphatic heterocycles. The maximum Gasteiger partial charge on any atom is 0.279 e. The quantitative estimate of drug-likeness (QED) is 0.672. The minimum absolute atomic E-state index is 0.106. The number of hydrogen-bond donors (Lipinski definition) is 2. The Bertz CT molecular complexity index is 823. The smallest absolute Gasteiger partial charge is 0.279 e. The van der Waals surface area contributed by atoms with Gasteiger partial charge in [-0.15, -0.1) is 11.8 Å². The van der Waals surface area contributed by atoms with Crippen molar-refractivity contribution in [1.82, 2.24) is 4.90 Å². The number of thioether (sulfide) groups is 1. The number of quaternary nitrogens is 1. The van der Waals surface area contributed by atoms with E-state index in [9.17, 15) is 18.4 Å². The van der Waals surface area contributed by atoms with Crippen molar-refractivity contribution in [1.29, 1.82) is 0 Å². The van der Waals surface area contributed by atoms with Gasteiger partial charge in [0.1, 0.15) is 11.6 Å². The van der Waals surface area contributed by atoms with Crippen LogP contribution < -0.4 is 10.2 Å². The van der Waals surface area contributed by atoms with Crippen LogP contribution in [0.25, 0.3) is 0 Å². The standard InChI is InChI=1S/C21H23F2N3O2S/c22-16-1-5-18(6-2-16)24-20(27)15-25-10-12-26(13-11-25)21(28)9-14-29-19-7-3-17(23)4-8-19/h1-8H,9-15H2,(H,24,27)/p+1. The van der Waals surface area contributed by atoms with Gasteiger partial charge in [0.2, 0.25) is 5.91 Å². The van der Waals surface area contributed by atoms with Gasteiger partial charge in [-0.25, -0.2) is 8.78 Å². The van der Waals surface area contributed by atoms with Crippen LogP contribution in [0.15, 0.2) is 53.4 Å². The Hall–Kier alpha value is -2.45. The van der Waals surface area contributed by atoms with E-state index in [1.165, 1.54) is 48.2 Å². The third kappa shape index (κ3) is 6.83. The zero-order chi connectivity index (χ0) is 20.6. The Kier molecular flexibility index (Phi) is 7.60. The highest BCUT2D eigenvalue weighted by Crippen LogP contribution is 2.19. The van der Waals surface area contributed by atoms with Gasteiger partial charge in [-0.05, 0) is 48.5 Å². The fourth-order valence-electron chi connectivity index (χ4n) is 3.16. The highest BCUT2D eigenvalue weighted by Gasteiger charge is 2.25. The number of nitrogens with one attached hydrogen (secondary N) is 2. The number of benzene rings is 2. The molecule has 0 spiro atoms. The average molecular weight is 421 g/mol. The Morgan fingerprint density at radius 3 is 2.17 bits per heavy atom. The first-order valence-electron chi connectivity index (χ1n) is 9.55. The van der Waals surface area contributed by atoms with Crippen molar-refractivity contribution in [2.75, 3.05) is 43.8 Å². The molecule has 2 aromatic rings. The van der Waals surface area contributed by atoms with E-state index in [0.29, 0.717) is 50.6 Å². The zero-order valence-electron chi connectivity index (χ0n) is 16.0. The number of hydrogen-bond acceptors (Lipinski definition) is 3. The largest absolute Gasteiger partial charge is 0.331 e. The van der Waals surface area contributed by atoms with Crippen LogP contribution in [-0.4, -0.2) is 55.2 Å². The normalized spacial score (nSPS) is 14.6. The van der Waals surface area contributed by atoms with Crippen LogP contribution in [0.4, 0.5) is 14.5 Å². The lowest BCUT2D eigenvalue weighted by Gasteiger charge is -2.32. The molecule has 8 heteroatoms. The summed E-state index contributed by atoms with van der Waals surface area (Å²) in [5, 5.41) is 2.76. The van der Waals surface area contributed by atoms with Gasteiger partial charge >= 0.3 is 0 Å². The van der Waals surface area contributed by atoms with E-state index in [4.69, 9.17) is 0 Å². The lowest BCUT2D eigenvalue weighted by Crippen LogP contribution is -3.15. The molecule has 5 nitrogen and oxygen atoms in total. The molecule has 0 aromatic heterocycles. The predicted octanol–water partition coefficient (Wildman–Crippen LogP) is 1.81. The SMILES string of the molecule is O=C(C[NH+]1CCN(C(=O)CCSc2ccc(F)cc2)CC1)Nc1ccc(F)cc1. The van der Waals surface area contributed by atoms with Crippen LogP contribution in [0.3, 0.4) is 0 Å². The van der Waals surface area contributed by atoms with Crippen molar-refractivity contribution in [2.45, 2.75) is 11.3 Å². The van der Waals surface area contributed by atoms with Crippen LogP contribution in [0.2, 0.25) is 0 Å². The van der Waals surface area contributed by atoms with E-state index in [0.717, 1.165) is 9.80 Å². The van der Waals surface area contributed by atoms with Crippen molar-refractivity contribution in [3.05, 3.63) is 60.2 Å². The van der Waals surface area contributed by atoms with E-state index in [1.54, 1.807) is 12.1 Å². The number of amides is 2. The van der Waals surface area contributed by atoms with E-state index in [1.807, 2.05) is 4.90 Å². The molecular weight excluding hydrogens is 396 g/mol. The molecule has 0 radical (unpaired) electrons. The molecule has 2 amide bonds. The number of carbonyl (C=O) groups excluding carboxylic acids is 2. The molecule has 3 rings (SSSR count). The van der Waals surface area contributed by atoms with Gasteiger partial charge in [0.15, 0.2) is 6.54 Å². The fourth-order valence-corrected chi connectivity index (χ4v) is 4.00. The second kappa shape index (κ2) is 10.4. The summed E-state index contributed by atoms with van der Waals surface area (Å²) in [6.07, 6.45) is 0.433. The summed E-state index contributed by atoms with van der Waals surface area (Å²) in [6, 6.07) is 11.9. The minimum Gasteiger partial charge on any atom is -0.331 e. The lowest BCUT2D eigenvalue weighted by molar-refractivity contribution is -0.895. The van der Waals surface area contributed by atoms with Crippen molar-refractivity contribution < 1.29 is 23.3 Å². The molecule has 1 fully saturated rings. The Morgan fingerprint density at radius 2 is 1.55 bits per heavy atom. The summed E-state index contributed by atoms with van der Waals surface area (Å²) in [5.74, 6) is 0.0246. The molecule has 154 valence electrons. The highest BCUT2D eigenvalue weighted by molar-refractivity contribution is 7.99. The fraction of sp³-hybridized carbons (Fsp3) is 0.333. The Labute approximate surface area is 173 Å². The molecule has 0 aliphatic carbocycles. The molecule has 0 bridgehead atoms. The van der Waals surface area contributed by atoms with Crippen molar-refractivity contribution in [3.8, 4) is 0 Å². The van der Waals surface area contributed by atoms with Gasteiger partial charge in [0, 0.05) is 22.8 Å². The molecule has 1 aliphatic rings. The predicted molar refractivity (Wildman–Crippen MR) is 109 cm³/mol. The summed E-state index contributed by atoms with van der Waals surface area (Å²) < 4.78 is 25.8. The minimum atomic E-state index is -0.342. The molecule has 2 aromatic carbocycles. The Balaban J connectivity index is 1.34. The third-order valence-electron chi connectivity index (χ3n) is 4.76. The van der Waals surface area contributed by atoms with Crippen LogP contribution >= 0.6 is 11.8 Å². The van der Waals surface area contributed by atoms with Crippen molar-refractivity contribution in [2.24, 2.45) is 0 Å². The summed E-state index contributed by atoms with van der Waals surface area (Å²) in [5.41, 5.74) is 0.572. The van der Waals surface area contributed by atoms with Gasteiger partial charge < -0.3 is 15.1 Å². The van der Waals surface area contributed by atoms with Gasteiger partial charge in [-0.2, -0.15) is 0 Å². The molecule has 1 heterocycles. The molecule has 2 N–H and O–H groups in total. The van der Waals surface area contributed by atoms with Crippen LogP contribution in [-0.2, 0) is 9.59 Å². The number of halogens is 2. The molecule has 0 atom stereocenters. The lowest BCUT2D eigenvalue weighted by atomic mass is 10.2. The maximum atomic E-state index is 12.9. The summed E-state index contributed by atoms with van der Waals surface area (Å²) >= 11 is 1.54. The van der Waals surface area contributed by atoms with Gasteiger partial charge in [0.05, 0.1) is 26.2 Å². The molecule has 1 saturated heterocycles. The molecule has 0 unspecified atom stereocenters. The molecule has 0 saturated carbocycles. The third-order valence-corrected chi connectivity index (χ3v) is 5.77. The van der Waals surface area contributed by atoms with E-state index in [2.05, 4.69) is 5.32 Å². The van der Waals surface area contributed by atoms with E-state index >= 15 is 0 Å². The molecular formula is C21H24F2N3O2S+. The zero-order valence-corrected chi connectivity index (χ0v) is 16.8. The number of nitrogens with zero attached hydrogens (tertiary/aromatic N) is 1. The average Bonchev–Trinajstić information content (AvgIpc) is 2.71. The van der Waals surface area contributed by atoms with Gasteiger partial charge in [-0.3, -0.25) is 9.59 Å². The van der Waals surface area contributed by atoms with Gasteiger partial charge in [-0.1, -0.05) is 0 Å². The van der Waals surface area contributed by atoms with E-state index < -0.39 is 0 Å². The topological polar surface area (TPSA) is 53.9 Å². The first-order chi connectivity index (χ1) is 14.0. The number of carbonyl (C=O) groups is 2. The summed E-state index contributed by atoms with van der Waals surface area (Å²) in [7, 11) is 0. The first-order valence-corrected chi connectivity index (χ1v) is 10.5. The summed E-state index contributed by atoms with van der Waals surface area (Å²) in [4.78, 5) is 28.4. The maximum absolute atomic E-state index is 12.9. The van der Waals surface area contributed by atoms with Crippen molar-refractivity contribution in [3.63, 3.8) is 0 Å². The number of anilines is 1. The highest BCUT2D eigenvalue weighted by atomic mass is 32.2. The number of piperazine rings is 1. The van der Waals surface area contributed by atoms with Crippen LogP contribution in [0.5, 0.6) is 0 Å². The van der Waals surface area contributed by atoms with E-state index in [-0.39, 0.29) is 23.4 Å². The second-order valence-electron chi connectivity index (χ2n) is 6.92. The van der Waals surface area contributed by atoms with Gasteiger partial charge in [0.25, 0.3) is 5.91 Å². The number of rotatable bonds is 7. The monoisotopic (exact) mass is 420 g/mol. The van der Waals surface area contributed by atoms with Crippen molar-refractivity contribution >= 4 is 29.3 Å². The first kappa shape index (κ1) is 21.3. The van der Waals surface area contributed by atoms with Crippen LogP contribution in [0.1, 0.15) is 6.42 Å². The second-order valence-corrected chi connectivity index (χ2v) is 8.08. The Morgan fingerprint density at radius 1 is 0.966 bits per heavy atom. The summed E-state index contributed by atoms with van der Waals surface area (Å²) in [6.45, 7) is 3.00. The molecule has 29 heavy (non-hydrogen) atoms.